The molecule has 4 heteroatoms. The van der Waals surface area contributed by atoms with Gasteiger partial charge in [0.2, 0.25) is 0 Å². The van der Waals surface area contributed by atoms with Crippen LogP contribution in [0.4, 0.5) is 4.39 Å². The molecule has 0 aliphatic carbocycles. The number of benzene rings is 1. The third kappa shape index (κ3) is 4.18. The molecule has 1 atom stereocenters. The van der Waals surface area contributed by atoms with E-state index in [0.717, 1.165) is 17.5 Å². The van der Waals surface area contributed by atoms with E-state index in [0.29, 0.717) is 17.3 Å². The lowest BCUT2D eigenvalue weighted by Gasteiger charge is -2.11. The number of alkyl halides is 1. The summed E-state index contributed by atoms with van der Waals surface area (Å²) in [4.78, 5) is 11.4. The molecule has 0 aliphatic heterocycles. The van der Waals surface area contributed by atoms with E-state index in [1.54, 1.807) is 6.07 Å². The van der Waals surface area contributed by atoms with Crippen LogP contribution in [0.3, 0.4) is 0 Å². The van der Waals surface area contributed by atoms with Crippen molar-refractivity contribution in [2.45, 2.75) is 37.9 Å². The van der Waals surface area contributed by atoms with Crippen molar-refractivity contribution in [3.63, 3.8) is 0 Å². The zero-order chi connectivity index (χ0) is 13.0. The van der Waals surface area contributed by atoms with Crippen LogP contribution in [0.1, 0.15) is 30.9 Å². The Morgan fingerprint density at radius 1 is 1.47 bits per heavy atom. The van der Waals surface area contributed by atoms with Gasteiger partial charge in [-0.3, -0.25) is 4.79 Å². The lowest BCUT2D eigenvalue weighted by Crippen LogP contribution is -2.16. The second-order valence-corrected chi connectivity index (χ2v) is 6.04. The zero-order valence-corrected chi connectivity index (χ0v) is 13.1. The van der Waals surface area contributed by atoms with E-state index in [4.69, 9.17) is 0 Å². The second-order valence-electron chi connectivity index (χ2n) is 4.08. The number of carbonyl (C=O) groups is 1. The Hall–Kier alpha value is -0.220. The van der Waals surface area contributed by atoms with Crippen LogP contribution in [-0.4, -0.2) is 10.6 Å². The molecule has 0 fully saturated rings. The van der Waals surface area contributed by atoms with E-state index in [-0.39, 0.29) is 16.4 Å². The van der Waals surface area contributed by atoms with Gasteiger partial charge in [-0.15, -0.1) is 0 Å². The van der Waals surface area contributed by atoms with Gasteiger partial charge in [0.1, 0.15) is 11.6 Å². The Morgan fingerprint density at radius 3 is 2.71 bits per heavy atom. The number of ketones is 1. The average Bonchev–Trinajstić information content (AvgIpc) is 2.26. The monoisotopic (exact) mass is 364 g/mol. The summed E-state index contributed by atoms with van der Waals surface area (Å²) in [6, 6.07) is 3.24. The van der Waals surface area contributed by atoms with Gasteiger partial charge in [0.25, 0.3) is 0 Å². The first-order valence-corrected chi connectivity index (χ1v) is 7.27. The van der Waals surface area contributed by atoms with E-state index < -0.39 is 0 Å². The Labute approximate surface area is 118 Å². The van der Waals surface area contributed by atoms with Gasteiger partial charge in [0.15, 0.2) is 0 Å². The van der Waals surface area contributed by atoms with E-state index in [9.17, 15) is 9.18 Å². The highest BCUT2D eigenvalue weighted by atomic mass is 79.9. The molecule has 0 aliphatic rings. The molecular weight excluding hydrogens is 351 g/mol. The van der Waals surface area contributed by atoms with Gasteiger partial charge in [-0.25, -0.2) is 4.39 Å². The highest BCUT2D eigenvalue weighted by Crippen LogP contribution is 2.23. The molecule has 17 heavy (non-hydrogen) atoms. The molecule has 1 rings (SSSR count). The van der Waals surface area contributed by atoms with E-state index in [1.807, 2.05) is 13.8 Å². The van der Waals surface area contributed by atoms with Crippen LogP contribution in [0, 0.1) is 12.7 Å². The van der Waals surface area contributed by atoms with Gasteiger partial charge < -0.3 is 0 Å². The average molecular weight is 366 g/mol. The number of Topliss-reactive ketones (excluding diaryl/α,β-unsaturated/α-hetero) is 1. The number of carbonyl (C=O) groups excluding carboxylic acids is 1. The van der Waals surface area contributed by atoms with Gasteiger partial charge in [0, 0.05) is 6.42 Å². The highest BCUT2D eigenvalue weighted by molar-refractivity contribution is 9.10. The molecule has 0 heterocycles. The van der Waals surface area contributed by atoms with Crippen LogP contribution in [0.15, 0.2) is 16.6 Å². The maximum Gasteiger partial charge on any atom is 0.146 e. The smallest absolute Gasteiger partial charge is 0.146 e. The number of hydrogen-bond donors (Lipinski definition) is 0. The van der Waals surface area contributed by atoms with Crippen LogP contribution in [0.2, 0.25) is 0 Å². The Kier molecular flexibility index (Phi) is 5.80. The number of hydrogen-bond acceptors (Lipinski definition) is 1. The molecule has 1 aromatic carbocycles. The molecule has 0 radical (unpaired) electrons. The number of halogens is 3. The molecular formula is C13H15Br2FO. The summed E-state index contributed by atoms with van der Waals surface area (Å²) in [6.07, 6.45) is 1.94. The van der Waals surface area contributed by atoms with Crippen molar-refractivity contribution in [1.29, 1.82) is 0 Å². The predicted octanol–water partition coefficient (Wildman–Crippen LogP) is 4.57. The SMILES string of the molecule is CCCC(=O)C(Br)Cc1cc(F)c(Br)cc1C. The Bertz CT molecular complexity index is 418. The standard InChI is InChI=1S/C13H15Br2FO/c1-3-4-13(17)11(15)6-9-7-12(16)10(14)5-8(9)2/h5,7,11H,3-4,6H2,1-2H3. The molecule has 0 saturated carbocycles. The molecule has 0 N–H and O–H groups in total. The molecule has 1 unspecified atom stereocenters. The zero-order valence-electron chi connectivity index (χ0n) is 9.90. The van der Waals surface area contributed by atoms with Crippen molar-refractivity contribution in [1.82, 2.24) is 0 Å². The van der Waals surface area contributed by atoms with Crippen LogP contribution in [0.25, 0.3) is 0 Å². The number of aryl methyl sites for hydroxylation is 1. The largest absolute Gasteiger partial charge is 0.298 e. The minimum absolute atomic E-state index is 0.176. The van der Waals surface area contributed by atoms with E-state index >= 15 is 0 Å². The normalized spacial score (nSPS) is 12.5. The van der Waals surface area contributed by atoms with Crippen molar-refractivity contribution < 1.29 is 9.18 Å². The van der Waals surface area contributed by atoms with Crippen molar-refractivity contribution in [3.8, 4) is 0 Å². The maximum atomic E-state index is 13.4. The first-order chi connectivity index (χ1) is 7.95. The van der Waals surface area contributed by atoms with Gasteiger partial charge in [0.05, 0.1) is 9.30 Å². The summed E-state index contributed by atoms with van der Waals surface area (Å²) in [6.45, 7) is 3.89. The Morgan fingerprint density at radius 2 is 2.12 bits per heavy atom. The summed E-state index contributed by atoms with van der Waals surface area (Å²) in [5, 5.41) is 0. The predicted molar refractivity (Wildman–Crippen MR) is 75.2 cm³/mol. The molecule has 0 spiro atoms. The third-order valence-electron chi connectivity index (χ3n) is 2.62. The molecule has 0 saturated heterocycles. The lowest BCUT2D eigenvalue weighted by molar-refractivity contribution is -0.118. The lowest BCUT2D eigenvalue weighted by atomic mass is 10.0. The fourth-order valence-corrected chi connectivity index (χ4v) is 2.65. The fraction of sp³-hybridized carbons (Fsp3) is 0.462. The van der Waals surface area contributed by atoms with Gasteiger partial charge in [-0.1, -0.05) is 22.9 Å². The quantitative estimate of drug-likeness (QED) is 0.698. The van der Waals surface area contributed by atoms with Crippen molar-refractivity contribution in [2.75, 3.05) is 0 Å². The van der Waals surface area contributed by atoms with Gasteiger partial charge >= 0.3 is 0 Å². The molecule has 0 aromatic heterocycles. The van der Waals surface area contributed by atoms with E-state index in [1.165, 1.54) is 6.07 Å². The van der Waals surface area contributed by atoms with Gasteiger partial charge in [-0.2, -0.15) is 0 Å². The molecule has 0 amide bonds. The van der Waals surface area contributed by atoms with Crippen LogP contribution >= 0.6 is 31.9 Å². The molecule has 0 bridgehead atoms. The highest BCUT2D eigenvalue weighted by Gasteiger charge is 2.16. The molecule has 1 nitrogen and oxygen atoms in total. The maximum absolute atomic E-state index is 13.4. The van der Waals surface area contributed by atoms with E-state index in [2.05, 4.69) is 31.9 Å². The molecule has 94 valence electrons. The fourth-order valence-electron chi connectivity index (χ4n) is 1.62. The van der Waals surface area contributed by atoms with Crippen molar-refractivity contribution in [2.24, 2.45) is 0 Å². The van der Waals surface area contributed by atoms with Gasteiger partial charge in [-0.05, 0) is 59.0 Å². The van der Waals surface area contributed by atoms with Crippen LogP contribution in [0.5, 0.6) is 0 Å². The van der Waals surface area contributed by atoms with Crippen LogP contribution < -0.4 is 0 Å². The summed E-state index contributed by atoms with van der Waals surface area (Å²) >= 11 is 6.52. The van der Waals surface area contributed by atoms with Crippen LogP contribution in [-0.2, 0) is 11.2 Å². The molecule has 1 aromatic rings. The summed E-state index contributed by atoms with van der Waals surface area (Å²) in [7, 11) is 0. The first kappa shape index (κ1) is 14.8. The summed E-state index contributed by atoms with van der Waals surface area (Å²) < 4.78 is 13.9. The second kappa shape index (κ2) is 6.64. The minimum Gasteiger partial charge on any atom is -0.298 e. The van der Waals surface area contributed by atoms with Crippen molar-refractivity contribution >= 4 is 37.6 Å². The summed E-state index contributed by atoms with van der Waals surface area (Å²) in [5.74, 6) is -0.108. The number of rotatable bonds is 5. The summed E-state index contributed by atoms with van der Waals surface area (Å²) in [5.41, 5.74) is 1.86. The topological polar surface area (TPSA) is 17.1 Å². The third-order valence-corrected chi connectivity index (χ3v) is 4.07. The Balaban J connectivity index is 2.81. The van der Waals surface area contributed by atoms with Crippen molar-refractivity contribution in [3.05, 3.63) is 33.5 Å². The first-order valence-electron chi connectivity index (χ1n) is 5.57. The minimum atomic E-state index is -0.284.